The van der Waals surface area contributed by atoms with Gasteiger partial charge in [0.1, 0.15) is 0 Å². The molecule has 1 fully saturated rings. The first-order valence-corrected chi connectivity index (χ1v) is 7.02. The number of nitrogens with zero attached hydrogens (tertiary/aromatic N) is 2. The van der Waals surface area contributed by atoms with Gasteiger partial charge in [-0.05, 0) is 32.8 Å². The van der Waals surface area contributed by atoms with Crippen molar-refractivity contribution in [2.75, 3.05) is 25.7 Å². The predicted molar refractivity (Wildman–Crippen MR) is 78.6 cm³/mol. The van der Waals surface area contributed by atoms with E-state index in [0.717, 1.165) is 24.9 Å². The number of aromatic nitrogens is 1. The molecule has 0 spiro atoms. The maximum atomic E-state index is 5.25. The average Bonchev–Trinajstić information content (AvgIpc) is 3.20. The van der Waals surface area contributed by atoms with Crippen LogP contribution in [0.1, 0.15) is 31.0 Å². The molecule has 1 heterocycles. The molecule has 1 unspecified atom stereocenters. The second kappa shape index (κ2) is 6.35. The Balaban J connectivity index is 2.12. The Labute approximate surface area is 116 Å². The molecule has 0 amide bonds. The van der Waals surface area contributed by atoms with E-state index in [2.05, 4.69) is 35.2 Å². The lowest BCUT2D eigenvalue weighted by atomic mass is 10.1. The second-order valence-electron chi connectivity index (χ2n) is 5.52. The first-order chi connectivity index (χ1) is 9.11. The van der Waals surface area contributed by atoms with Crippen molar-refractivity contribution in [3.8, 4) is 0 Å². The number of aryl methyl sites for hydroxylation is 1. The number of nitrogens with one attached hydrogen (secondary N) is 1. The van der Waals surface area contributed by atoms with Crippen molar-refractivity contribution < 1.29 is 4.74 Å². The highest BCUT2D eigenvalue weighted by Crippen LogP contribution is 2.24. The molecule has 4 heteroatoms. The molecule has 1 atom stereocenters. The fourth-order valence-electron chi connectivity index (χ4n) is 2.17. The van der Waals surface area contributed by atoms with Crippen LogP contribution in [0.4, 0.5) is 5.69 Å². The van der Waals surface area contributed by atoms with Crippen LogP contribution in [-0.4, -0.2) is 37.8 Å². The van der Waals surface area contributed by atoms with Gasteiger partial charge in [0.05, 0.1) is 6.61 Å². The summed E-state index contributed by atoms with van der Waals surface area (Å²) in [5.74, 6) is 0. The highest BCUT2D eigenvalue weighted by molar-refractivity contribution is 5.53. The Morgan fingerprint density at radius 3 is 2.89 bits per heavy atom. The van der Waals surface area contributed by atoms with Crippen molar-refractivity contribution >= 4 is 5.69 Å². The summed E-state index contributed by atoms with van der Waals surface area (Å²) >= 11 is 0. The van der Waals surface area contributed by atoms with Crippen LogP contribution in [-0.2, 0) is 11.3 Å². The van der Waals surface area contributed by atoms with Crippen molar-refractivity contribution in [1.29, 1.82) is 0 Å². The fraction of sp³-hybridized carbons (Fsp3) is 0.667. The van der Waals surface area contributed by atoms with E-state index in [1.807, 2.05) is 13.1 Å². The predicted octanol–water partition coefficient (Wildman–Crippen LogP) is 2.11. The molecular formula is C15H25N3O. The highest BCUT2D eigenvalue weighted by Gasteiger charge is 2.21. The topological polar surface area (TPSA) is 37.4 Å². The van der Waals surface area contributed by atoms with Crippen LogP contribution in [0.5, 0.6) is 0 Å². The third-order valence-electron chi connectivity index (χ3n) is 3.71. The Morgan fingerprint density at radius 2 is 2.26 bits per heavy atom. The highest BCUT2D eigenvalue weighted by atomic mass is 16.5. The van der Waals surface area contributed by atoms with Crippen molar-refractivity contribution in [3.63, 3.8) is 0 Å². The van der Waals surface area contributed by atoms with Crippen molar-refractivity contribution in [1.82, 2.24) is 10.3 Å². The summed E-state index contributed by atoms with van der Waals surface area (Å²) in [5, 5.41) is 3.56. The largest absolute Gasteiger partial charge is 0.383 e. The van der Waals surface area contributed by atoms with Crippen LogP contribution in [0.3, 0.4) is 0 Å². The Kier molecular flexibility index (Phi) is 4.77. The minimum Gasteiger partial charge on any atom is -0.383 e. The van der Waals surface area contributed by atoms with E-state index < -0.39 is 0 Å². The van der Waals surface area contributed by atoms with Gasteiger partial charge in [0.15, 0.2) is 0 Å². The smallest absolute Gasteiger partial charge is 0.0663 e. The lowest BCUT2D eigenvalue weighted by Crippen LogP contribution is -2.34. The first kappa shape index (κ1) is 14.3. The van der Waals surface area contributed by atoms with Gasteiger partial charge in [0.2, 0.25) is 0 Å². The van der Waals surface area contributed by atoms with Crippen LogP contribution in [0.25, 0.3) is 0 Å². The van der Waals surface area contributed by atoms with Gasteiger partial charge in [-0.1, -0.05) is 0 Å². The molecule has 2 rings (SSSR count). The quantitative estimate of drug-likeness (QED) is 0.817. The molecule has 0 bridgehead atoms. The van der Waals surface area contributed by atoms with Gasteiger partial charge >= 0.3 is 0 Å². The number of anilines is 1. The maximum absolute atomic E-state index is 5.25. The molecule has 1 aromatic rings. The zero-order valence-corrected chi connectivity index (χ0v) is 12.4. The van der Waals surface area contributed by atoms with Crippen LogP contribution in [0.2, 0.25) is 0 Å². The Hall–Kier alpha value is -1.13. The lowest BCUT2D eigenvalue weighted by Gasteiger charge is -2.28. The van der Waals surface area contributed by atoms with E-state index in [1.54, 1.807) is 7.11 Å². The van der Waals surface area contributed by atoms with Crippen molar-refractivity contribution in [2.45, 2.75) is 45.3 Å². The molecule has 0 aliphatic heterocycles. The monoisotopic (exact) mass is 263 g/mol. The third-order valence-corrected chi connectivity index (χ3v) is 3.71. The zero-order chi connectivity index (χ0) is 13.8. The maximum Gasteiger partial charge on any atom is 0.0663 e. The standard InChI is InChI=1S/C15H25N3O/c1-11-7-15(18(3)12(2)10-19-4)13(8-16-11)9-17-14-5-6-14/h7-8,12,14,17H,5-6,9-10H2,1-4H3. The number of rotatable bonds is 7. The number of ether oxygens (including phenoxy) is 1. The molecule has 4 nitrogen and oxygen atoms in total. The molecule has 106 valence electrons. The number of methoxy groups -OCH3 is 1. The minimum atomic E-state index is 0.353. The Bertz CT molecular complexity index is 418. The molecule has 1 saturated carbocycles. The van der Waals surface area contributed by atoms with Gasteiger partial charge in [0.25, 0.3) is 0 Å². The van der Waals surface area contributed by atoms with E-state index in [1.165, 1.54) is 24.1 Å². The Morgan fingerprint density at radius 1 is 1.53 bits per heavy atom. The molecular weight excluding hydrogens is 238 g/mol. The summed E-state index contributed by atoms with van der Waals surface area (Å²) in [5.41, 5.74) is 3.58. The van der Waals surface area contributed by atoms with Gasteiger partial charge in [0, 0.05) is 55.9 Å². The van der Waals surface area contributed by atoms with Gasteiger partial charge in [-0.15, -0.1) is 0 Å². The molecule has 1 N–H and O–H groups in total. The summed E-state index contributed by atoms with van der Waals surface area (Å²) in [7, 11) is 3.87. The van der Waals surface area contributed by atoms with Crippen LogP contribution >= 0.6 is 0 Å². The summed E-state index contributed by atoms with van der Waals surface area (Å²) in [6.07, 6.45) is 4.62. The number of pyridine rings is 1. The van der Waals surface area contributed by atoms with Gasteiger partial charge in [-0.3, -0.25) is 4.98 Å². The van der Waals surface area contributed by atoms with Crippen LogP contribution in [0, 0.1) is 6.92 Å². The SMILES string of the molecule is COCC(C)N(C)c1cc(C)ncc1CNC1CC1. The summed E-state index contributed by atoms with van der Waals surface area (Å²) in [4.78, 5) is 6.71. The number of hydrogen-bond acceptors (Lipinski definition) is 4. The summed E-state index contributed by atoms with van der Waals surface area (Å²) in [6.45, 7) is 5.85. The van der Waals surface area contributed by atoms with Gasteiger partial charge in [-0.2, -0.15) is 0 Å². The number of likely N-dealkylation sites (N-methyl/N-ethyl adjacent to an activating group) is 1. The van der Waals surface area contributed by atoms with Crippen LogP contribution in [0.15, 0.2) is 12.3 Å². The van der Waals surface area contributed by atoms with Crippen molar-refractivity contribution in [3.05, 3.63) is 23.5 Å². The van der Waals surface area contributed by atoms with Crippen molar-refractivity contribution in [2.24, 2.45) is 0 Å². The second-order valence-corrected chi connectivity index (χ2v) is 5.52. The first-order valence-electron chi connectivity index (χ1n) is 7.02. The van der Waals surface area contributed by atoms with Gasteiger partial charge in [-0.25, -0.2) is 0 Å². The molecule has 19 heavy (non-hydrogen) atoms. The third kappa shape index (κ3) is 3.91. The average molecular weight is 263 g/mol. The summed E-state index contributed by atoms with van der Waals surface area (Å²) in [6, 6.07) is 3.23. The molecule has 1 aromatic heterocycles. The minimum absolute atomic E-state index is 0.353. The normalized spacial score (nSPS) is 16.4. The molecule has 0 saturated heterocycles. The molecule has 0 radical (unpaired) electrons. The molecule has 0 aromatic carbocycles. The number of hydrogen-bond donors (Lipinski definition) is 1. The fourth-order valence-corrected chi connectivity index (χ4v) is 2.17. The molecule has 1 aliphatic carbocycles. The summed E-state index contributed by atoms with van der Waals surface area (Å²) < 4.78 is 5.25. The van der Waals surface area contributed by atoms with E-state index in [0.29, 0.717) is 6.04 Å². The van der Waals surface area contributed by atoms with E-state index in [-0.39, 0.29) is 0 Å². The zero-order valence-electron chi connectivity index (χ0n) is 12.4. The lowest BCUT2D eigenvalue weighted by molar-refractivity contribution is 0.183. The van der Waals surface area contributed by atoms with Crippen LogP contribution < -0.4 is 10.2 Å². The van der Waals surface area contributed by atoms with E-state index >= 15 is 0 Å². The van der Waals surface area contributed by atoms with E-state index in [9.17, 15) is 0 Å². The van der Waals surface area contributed by atoms with Gasteiger partial charge < -0.3 is 15.0 Å². The van der Waals surface area contributed by atoms with E-state index in [4.69, 9.17) is 4.74 Å². The molecule has 1 aliphatic rings.